The number of hydrogen-bond acceptors (Lipinski definition) is 9. The number of nitrogens with two attached hydrogens (primary N) is 1. The van der Waals surface area contributed by atoms with Gasteiger partial charge in [0, 0.05) is 12.6 Å². The van der Waals surface area contributed by atoms with Gasteiger partial charge in [-0.15, -0.1) is 11.8 Å². The van der Waals surface area contributed by atoms with Gasteiger partial charge in [-0.1, -0.05) is 13.5 Å². The van der Waals surface area contributed by atoms with Crippen LogP contribution in [-0.2, 0) is 18.4 Å². The monoisotopic (exact) mass is 402 g/mol. The lowest BCUT2D eigenvalue weighted by Crippen LogP contribution is -2.45. The second-order valence-electron chi connectivity index (χ2n) is 6.27. The number of aliphatic hydroxyl groups excluding tert-OH is 1. The Kier molecular flexibility index (Phi) is 5.62. The zero-order valence-corrected chi connectivity index (χ0v) is 16.3. The Labute approximate surface area is 156 Å². The van der Waals surface area contributed by atoms with Gasteiger partial charge < -0.3 is 15.7 Å². The molecule has 0 aliphatic carbocycles. The van der Waals surface area contributed by atoms with E-state index in [4.69, 9.17) is 14.8 Å². The molecule has 0 aromatic rings. The SMILES string of the molecule is C=C1N=C(N)C=CN1[C@@H]1S[C@@H]2COP(=O)(N[C@@H](C)C(=O)CC)O[C@H]2[C@@H]1O. The highest BCUT2D eigenvalue weighted by atomic mass is 32.2. The van der Waals surface area contributed by atoms with Crippen LogP contribution in [0.3, 0.4) is 0 Å². The number of ketones is 1. The van der Waals surface area contributed by atoms with Crippen LogP contribution in [0, 0.1) is 0 Å². The number of carbonyl (C=O) groups is 1. The maximum atomic E-state index is 12.8. The van der Waals surface area contributed by atoms with Crippen LogP contribution in [0.15, 0.2) is 29.7 Å². The molecule has 3 aliphatic heterocycles. The number of aliphatic imine (C=N–C) groups is 1. The quantitative estimate of drug-likeness (QED) is 0.576. The summed E-state index contributed by atoms with van der Waals surface area (Å²) in [6, 6.07) is -0.661. The van der Waals surface area contributed by atoms with Gasteiger partial charge in [0.1, 0.15) is 35.0 Å². The minimum absolute atomic E-state index is 0.0982. The Morgan fingerprint density at radius 1 is 1.69 bits per heavy atom. The van der Waals surface area contributed by atoms with Gasteiger partial charge in [-0.25, -0.2) is 14.6 Å². The molecule has 3 heterocycles. The highest BCUT2D eigenvalue weighted by Crippen LogP contribution is 2.55. The summed E-state index contributed by atoms with van der Waals surface area (Å²) < 4.78 is 23.8. The number of fused-ring (bicyclic) bond motifs is 1. The molecule has 3 aliphatic rings. The van der Waals surface area contributed by atoms with Gasteiger partial charge in [-0.2, -0.15) is 0 Å². The number of rotatable bonds is 5. The Morgan fingerprint density at radius 2 is 2.42 bits per heavy atom. The van der Waals surface area contributed by atoms with Crippen LogP contribution < -0.4 is 10.8 Å². The first-order valence-corrected chi connectivity index (χ1v) is 10.8. The third-order valence-electron chi connectivity index (χ3n) is 4.40. The summed E-state index contributed by atoms with van der Waals surface area (Å²) in [5.41, 5.74) is 5.64. The predicted molar refractivity (Wildman–Crippen MR) is 99.2 cm³/mol. The van der Waals surface area contributed by atoms with Crippen molar-refractivity contribution in [2.24, 2.45) is 10.7 Å². The Bertz CT molecular complexity index is 714. The molecule has 0 spiro atoms. The van der Waals surface area contributed by atoms with Gasteiger partial charge in [0.05, 0.1) is 17.9 Å². The zero-order chi connectivity index (χ0) is 19.1. The molecular weight excluding hydrogens is 379 g/mol. The maximum Gasteiger partial charge on any atom is 0.406 e. The summed E-state index contributed by atoms with van der Waals surface area (Å²) in [5, 5.41) is 12.7. The van der Waals surface area contributed by atoms with Crippen molar-refractivity contribution >= 4 is 31.1 Å². The largest absolute Gasteiger partial charge is 0.406 e. The van der Waals surface area contributed by atoms with E-state index in [9.17, 15) is 14.5 Å². The molecule has 0 radical (unpaired) electrons. The summed E-state index contributed by atoms with van der Waals surface area (Å²) in [7, 11) is -3.69. The number of carbonyl (C=O) groups excluding carboxylic acids is 1. The fourth-order valence-electron chi connectivity index (χ4n) is 2.98. The van der Waals surface area contributed by atoms with Crippen LogP contribution in [0.4, 0.5) is 0 Å². The molecule has 0 aromatic heterocycles. The van der Waals surface area contributed by atoms with Gasteiger partial charge in [0.15, 0.2) is 0 Å². The number of hydrogen-bond donors (Lipinski definition) is 3. The highest BCUT2D eigenvalue weighted by molar-refractivity contribution is 8.00. The molecular formula is C15H23N4O5PS. The number of nitrogens with one attached hydrogen (secondary N) is 1. The Morgan fingerprint density at radius 3 is 3.08 bits per heavy atom. The fourth-order valence-corrected chi connectivity index (χ4v) is 6.44. The summed E-state index contributed by atoms with van der Waals surface area (Å²) in [6.45, 7) is 7.32. The Balaban J connectivity index is 1.70. The number of nitrogens with zero attached hydrogens (tertiary/aromatic N) is 2. The summed E-state index contributed by atoms with van der Waals surface area (Å²) in [5.74, 6) is 0.646. The van der Waals surface area contributed by atoms with Crippen molar-refractivity contribution in [3.05, 3.63) is 24.7 Å². The molecule has 4 N–H and O–H groups in total. The van der Waals surface area contributed by atoms with E-state index in [-0.39, 0.29) is 17.6 Å². The molecule has 9 nitrogen and oxygen atoms in total. The number of aliphatic hydroxyl groups is 1. The van der Waals surface area contributed by atoms with E-state index < -0.39 is 31.4 Å². The lowest BCUT2D eigenvalue weighted by molar-refractivity contribution is -0.120. The molecule has 0 aromatic carbocycles. The second-order valence-corrected chi connectivity index (χ2v) is 9.35. The second kappa shape index (κ2) is 7.46. The smallest absolute Gasteiger partial charge is 0.387 e. The Hall–Kier alpha value is -1.16. The van der Waals surface area contributed by atoms with E-state index >= 15 is 0 Å². The van der Waals surface area contributed by atoms with Gasteiger partial charge in [-0.05, 0) is 13.0 Å². The third-order valence-corrected chi connectivity index (χ3v) is 7.65. The van der Waals surface area contributed by atoms with Crippen LogP contribution >= 0.6 is 19.5 Å². The number of amidine groups is 1. The molecule has 11 heteroatoms. The first kappa shape index (κ1) is 19.6. The summed E-state index contributed by atoms with van der Waals surface area (Å²) in [4.78, 5) is 17.5. The summed E-state index contributed by atoms with van der Waals surface area (Å²) >= 11 is 1.43. The lowest BCUT2D eigenvalue weighted by atomic mass is 10.1. The molecule has 2 saturated heterocycles. The van der Waals surface area contributed by atoms with Crippen molar-refractivity contribution in [1.82, 2.24) is 9.99 Å². The number of Topliss-reactive ketones (excluding diaryl/α,β-unsaturated/α-hetero) is 1. The van der Waals surface area contributed by atoms with Crippen LogP contribution in [0.1, 0.15) is 20.3 Å². The molecule has 1 unspecified atom stereocenters. The summed E-state index contributed by atoms with van der Waals surface area (Å²) in [6.07, 6.45) is 1.98. The predicted octanol–water partition coefficient (Wildman–Crippen LogP) is 0.927. The molecule has 26 heavy (non-hydrogen) atoms. The fraction of sp³-hybridized carbons (Fsp3) is 0.600. The molecule has 144 valence electrons. The zero-order valence-electron chi connectivity index (χ0n) is 14.6. The van der Waals surface area contributed by atoms with Gasteiger partial charge in [0.25, 0.3) is 0 Å². The highest BCUT2D eigenvalue weighted by Gasteiger charge is 2.53. The minimum Gasteiger partial charge on any atom is -0.387 e. The van der Waals surface area contributed by atoms with Crippen molar-refractivity contribution in [1.29, 1.82) is 0 Å². The van der Waals surface area contributed by atoms with E-state index in [2.05, 4.69) is 16.7 Å². The topological polar surface area (TPSA) is 126 Å². The third kappa shape index (κ3) is 3.76. The van der Waals surface area contributed by atoms with E-state index in [0.29, 0.717) is 18.1 Å². The lowest BCUT2D eigenvalue weighted by Gasteiger charge is -2.34. The average molecular weight is 402 g/mol. The molecule has 0 saturated carbocycles. The van der Waals surface area contributed by atoms with Crippen LogP contribution in [0.2, 0.25) is 0 Å². The minimum atomic E-state index is -3.69. The van der Waals surface area contributed by atoms with E-state index in [1.165, 1.54) is 11.8 Å². The van der Waals surface area contributed by atoms with Crippen LogP contribution in [0.25, 0.3) is 0 Å². The van der Waals surface area contributed by atoms with Crippen LogP contribution in [0.5, 0.6) is 0 Å². The molecule has 0 bridgehead atoms. The van der Waals surface area contributed by atoms with Gasteiger partial charge >= 0.3 is 7.75 Å². The van der Waals surface area contributed by atoms with Crippen molar-refractivity contribution in [3.63, 3.8) is 0 Å². The standard InChI is InChI=1S/C15H23N4O5PS/c1-4-10(20)8(2)18-25(22)23-7-11-14(24-25)13(21)15(26-11)19-6-5-12(16)17-9(19)3/h5-6,8,11,13-15,21H,3-4,7H2,1-2H3,(H2,16,17)(H,18,22)/t8-,11+,13-,14+,15+,25?/m0/s1. The normalized spacial score (nSPS) is 38.0. The molecule has 2 fully saturated rings. The maximum absolute atomic E-state index is 12.8. The first-order valence-electron chi connectivity index (χ1n) is 8.30. The van der Waals surface area contributed by atoms with E-state index in [1.54, 1.807) is 31.0 Å². The van der Waals surface area contributed by atoms with Gasteiger partial charge in [-0.3, -0.25) is 13.8 Å². The first-order chi connectivity index (χ1) is 12.2. The van der Waals surface area contributed by atoms with Crippen molar-refractivity contribution < 1.29 is 23.5 Å². The average Bonchev–Trinajstić information content (AvgIpc) is 2.90. The van der Waals surface area contributed by atoms with E-state index in [1.807, 2.05) is 0 Å². The molecule has 3 rings (SSSR count). The van der Waals surface area contributed by atoms with Crippen molar-refractivity contribution in [2.45, 2.75) is 49.1 Å². The molecule has 0 amide bonds. The van der Waals surface area contributed by atoms with Gasteiger partial charge in [0.2, 0.25) is 0 Å². The number of thioether (sulfide) groups is 1. The molecule has 6 atom stereocenters. The van der Waals surface area contributed by atoms with Crippen molar-refractivity contribution in [3.8, 4) is 0 Å². The van der Waals surface area contributed by atoms with E-state index in [0.717, 1.165) is 0 Å². The van der Waals surface area contributed by atoms with Crippen LogP contribution in [-0.4, -0.2) is 57.1 Å². The van der Waals surface area contributed by atoms with Crippen molar-refractivity contribution in [2.75, 3.05) is 6.61 Å².